The van der Waals surface area contributed by atoms with Gasteiger partial charge in [-0.05, 0) is 51.9 Å². The van der Waals surface area contributed by atoms with Gasteiger partial charge in [-0.1, -0.05) is 44.8 Å². The lowest BCUT2D eigenvalue weighted by Gasteiger charge is -2.34. The number of amides is 1. The summed E-state index contributed by atoms with van der Waals surface area (Å²) in [5, 5.41) is 0. The Morgan fingerprint density at radius 2 is 1.81 bits per heavy atom. The van der Waals surface area contributed by atoms with Crippen LogP contribution < -0.4 is 0 Å². The number of unbranched alkanes of at least 4 members (excludes halogenated alkanes) is 1. The Kier molecular flexibility index (Phi) is 8.06. The van der Waals surface area contributed by atoms with Gasteiger partial charge in [0.1, 0.15) is 0 Å². The van der Waals surface area contributed by atoms with E-state index < -0.39 is 0 Å². The highest BCUT2D eigenvalue weighted by Crippen LogP contribution is 2.26. The van der Waals surface area contributed by atoms with Crippen LogP contribution in [0.1, 0.15) is 86.0 Å². The monoisotopic (exact) mass is 293 g/mol. The summed E-state index contributed by atoms with van der Waals surface area (Å²) >= 11 is 0. The Morgan fingerprint density at radius 1 is 1.10 bits per heavy atom. The van der Waals surface area contributed by atoms with Crippen LogP contribution in [0.2, 0.25) is 0 Å². The van der Waals surface area contributed by atoms with Crippen molar-refractivity contribution in [3.8, 4) is 0 Å². The van der Waals surface area contributed by atoms with Crippen molar-refractivity contribution in [1.29, 1.82) is 0 Å². The molecule has 0 aliphatic carbocycles. The molecule has 1 aliphatic heterocycles. The predicted molar refractivity (Wildman–Crippen MR) is 91.3 cm³/mol. The van der Waals surface area contributed by atoms with E-state index in [4.69, 9.17) is 0 Å². The van der Waals surface area contributed by atoms with Crippen LogP contribution in [-0.4, -0.2) is 23.4 Å². The molecule has 0 radical (unpaired) electrons. The lowest BCUT2D eigenvalue weighted by molar-refractivity contribution is -0.134. The molecular weight excluding hydrogens is 258 g/mol. The molecule has 0 N–H and O–H groups in total. The average molecular weight is 293 g/mol. The summed E-state index contributed by atoms with van der Waals surface area (Å²) in [5.41, 5.74) is 3.06. The number of hydrogen-bond donors (Lipinski definition) is 0. The quantitative estimate of drug-likeness (QED) is 0.627. The Labute approximate surface area is 132 Å². The molecule has 0 fully saturated rings. The second-order valence-corrected chi connectivity index (χ2v) is 7.00. The number of carbonyl (C=O) groups is 1. The van der Waals surface area contributed by atoms with Crippen molar-refractivity contribution in [1.82, 2.24) is 4.90 Å². The van der Waals surface area contributed by atoms with Crippen molar-refractivity contribution in [2.24, 2.45) is 5.92 Å². The van der Waals surface area contributed by atoms with E-state index in [1.54, 1.807) is 5.57 Å². The first-order chi connectivity index (χ1) is 9.99. The topological polar surface area (TPSA) is 20.3 Å². The first kappa shape index (κ1) is 18.3. The minimum Gasteiger partial charge on any atom is -0.339 e. The molecule has 0 aromatic heterocycles. The summed E-state index contributed by atoms with van der Waals surface area (Å²) in [7, 11) is 0. The van der Waals surface area contributed by atoms with Crippen molar-refractivity contribution in [3.05, 3.63) is 11.1 Å². The maximum Gasteiger partial charge on any atom is 0.223 e. The first-order valence-corrected chi connectivity index (χ1v) is 8.94. The van der Waals surface area contributed by atoms with Crippen molar-refractivity contribution >= 4 is 5.91 Å². The standard InChI is InChI=1S/C19H35NO/c1-6-8-12-20-18(9-7-2)14-17(5)16(4)11-10-15(3)13-19(20)21/h15,18H,6-14H2,1-5H3/b17-16-/t15-,18?/m0/s1. The van der Waals surface area contributed by atoms with Gasteiger partial charge in [-0.25, -0.2) is 0 Å². The number of nitrogens with zero attached hydrogens (tertiary/aromatic N) is 1. The van der Waals surface area contributed by atoms with E-state index in [0.29, 0.717) is 17.9 Å². The van der Waals surface area contributed by atoms with E-state index in [-0.39, 0.29) is 0 Å². The second-order valence-electron chi connectivity index (χ2n) is 7.00. The normalized spacial score (nSPS) is 28.8. The van der Waals surface area contributed by atoms with E-state index in [1.165, 1.54) is 5.57 Å². The van der Waals surface area contributed by atoms with Crippen LogP contribution in [0, 0.1) is 5.92 Å². The molecule has 0 aromatic rings. The Bertz CT molecular complexity index is 359. The summed E-state index contributed by atoms with van der Waals surface area (Å²) in [6.07, 6.45) is 8.69. The molecule has 0 bridgehead atoms. The molecule has 122 valence electrons. The Hall–Kier alpha value is -0.790. The lowest BCUT2D eigenvalue weighted by Crippen LogP contribution is -2.42. The number of hydrogen-bond acceptors (Lipinski definition) is 1. The molecule has 1 rings (SSSR count). The van der Waals surface area contributed by atoms with Crippen LogP contribution in [0.5, 0.6) is 0 Å². The molecule has 1 heterocycles. The molecule has 2 atom stereocenters. The fourth-order valence-electron chi connectivity index (χ4n) is 3.26. The van der Waals surface area contributed by atoms with Crippen molar-refractivity contribution in [2.45, 2.75) is 92.0 Å². The molecule has 0 saturated heterocycles. The minimum atomic E-state index is 0.391. The zero-order valence-corrected chi connectivity index (χ0v) is 14.9. The van der Waals surface area contributed by atoms with E-state index in [0.717, 1.165) is 57.9 Å². The molecule has 1 unspecified atom stereocenters. The third kappa shape index (κ3) is 5.84. The van der Waals surface area contributed by atoms with Crippen LogP contribution >= 0.6 is 0 Å². The van der Waals surface area contributed by atoms with Crippen molar-refractivity contribution in [2.75, 3.05) is 6.54 Å². The Balaban J connectivity index is 2.99. The van der Waals surface area contributed by atoms with Crippen molar-refractivity contribution < 1.29 is 4.79 Å². The highest BCUT2D eigenvalue weighted by Gasteiger charge is 2.25. The second kappa shape index (κ2) is 9.27. The fourth-order valence-corrected chi connectivity index (χ4v) is 3.26. The summed E-state index contributed by atoms with van der Waals surface area (Å²) in [4.78, 5) is 14.9. The van der Waals surface area contributed by atoms with E-state index in [9.17, 15) is 4.79 Å². The molecule has 1 aliphatic rings. The zero-order valence-electron chi connectivity index (χ0n) is 14.9. The SMILES string of the molecule is CCCCN1C(=O)C[C@@H](C)CC/C(C)=C(/C)CC1CCC. The highest BCUT2D eigenvalue weighted by molar-refractivity contribution is 5.76. The molecule has 0 aromatic carbocycles. The fraction of sp³-hybridized carbons (Fsp3) is 0.842. The van der Waals surface area contributed by atoms with Gasteiger partial charge in [0, 0.05) is 19.0 Å². The van der Waals surface area contributed by atoms with Gasteiger partial charge in [-0.3, -0.25) is 4.79 Å². The van der Waals surface area contributed by atoms with Gasteiger partial charge < -0.3 is 4.90 Å². The molecule has 2 nitrogen and oxygen atoms in total. The van der Waals surface area contributed by atoms with Crippen LogP contribution in [0.3, 0.4) is 0 Å². The largest absolute Gasteiger partial charge is 0.339 e. The van der Waals surface area contributed by atoms with Gasteiger partial charge in [0.05, 0.1) is 0 Å². The summed E-state index contributed by atoms with van der Waals surface area (Å²) in [6.45, 7) is 12.2. The Morgan fingerprint density at radius 3 is 2.43 bits per heavy atom. The zero-order chi connectivity index (χ0) is 15.8. The average Bonchev–Trinajstić information content (AvgIpc) is 2.44. The number of carbonyl (C=O) groups excluding carboxylic acids is 1. The highest BCUT2D eigenvalue weighted by atomic mass is 16.2. The lowest BCUT2D eigenvalue weighted by atomic mass is 9.90. The van der Waals surface area contributed by atoms with E-state index >= 15 is 0 Å². The molecule has 1 amide bonds. The van der Waals surface area contributed by atoms with Gasteiger partial charge in [0.15, 0.2) is 0 Å². The first-order valence-electron chi connectivity index (χ1n) is 8.94. The van der Waals surface area contributed by atoms with E-state index in [1.807, 2.05) is 0 Å². The maximum absolute atomic E-state index is 12.7. The van der Waals surface area contributed by atoms with E-state index in [2.05, 4.69) is 39.5 Å². The van der Waals surface area contributed by atoms with Gasteiger partial charge >= 0.3 is 0 Å². The van der Waals surface area contributed by atoms with Gasteiger partial charge in [0.2, 0.25) is 5.91 Å². The minimum absolute atomic E-state index is 0.391. The van der Waals surface area contributed by atoms with Crippen LogP contribution in [-0.2, 0) is 4.79 Å². The van der Waals surface area contributed by atoms with Crippen LogP contribution in [0.15, 0.2) is 11.1 Å². The van der Waals surface area contributed by atoms with Crippen LogP contribution in [0.4, 0.5) is 0 Å². The summed E-state index contributed by atoms with van der Waals surface area (Å²) in [6, 6.07) is 0.411. The summed E-state index contributed by atoms with van der Waals surface area (Å²) < 4.78 is 0. The van der Waals surface area contributed by atoms with Crippen LogP contribution in [0.25, 0.3) is 0 Å². The molecule has 0 saturated carbocycles. The van der Waals surface area contributed by atoms with Gasteiger partial charge in [-0.15, -0.1) is 0 Å². The smallest absolute Gasteiger partial charge is 0.223 e. The van der Waals surface area contributed by atoms with Crippen molar-refractivity contribution in [3.63, 3.8) is 0 Å². The van der Waals surface area contributed by atoms with Gasteiger partial charge in [-0.2, -0.15) is 0 Å². The molecule has 0 spiro atoms. The molecule has 2 heteroatoms. The summed E-state index contributed by atoms with van der Waals surface area (Å²) in [5.74, 6) is 0.895. The third-order valence-corrected chi connectivity index (χ3v) is 4.94. The maximum atomic E-state index is 12.7. The van der Waals surface area contributed by atoms with Gasteiger partial charge in [0.25, 0.3) is 0 Å². The number of allylic oxidation sites excluding steroid dienone is 1. The predicted octanol–water partition coefficient (Wildman–Crippen LogP) is 5.33. The molecular formula is C19H35NO. The molecule has 21 heavy (non-hydrogen) atoms. The third-order valence-electron chi connectivity index (χ3n) is 4.94. The number of rotatable bonds is 5.